The van der Waals surface area contributed by atoms with Crippen molar-refractivity contribution in [1.29, 1.82) is 0 Å². The number of hydrogen-bond donors (Lipinski definition) is 1. The van der Waals surface area contributed by atoms with Gasteiger partial charge in [0, 0.05) is 30.5 Å². The van der Waals surface area contributed by atoms with Crippen LogP contribution in [0.3, 0.4) is 0 Å². The van der Waals surface area contributed by atoms with E-state index in [2.05, 4.69) is 35.4 Å². The molecule has 1 aromatic heterocycles. The molecule has 4 heteroatoms. The molecule has 2 heterocycles. The molecule has 27 heavy (non-hydrogen) atoms. The van der Waals surface area contributed by atoms with Gasteiger partial charge in [0.15, 0.2) is 0 Å². The number of aromatic nitrogens is 1. The van der Waals surface area contributed by atoms with Gasteiger partial charge in [-0.25, -0.2) is 4.39 Å². The van der Waals surface area contributed by atoms with Crippen molar-refractivity contribution in [3.63, 3.8) is 0 Å². The Morgan fingerprint density at radius 1 is 1.11 bits per heavy atom. The molecular weight excluding hydrogens is 339 g/mol. The molecule has 138 valence electrons. The first kappa shape index (κ1) is 17.7. The SMILES string of the molecule is CC(NCc1cncc(-c2ccc(F)cc2)c1)C1CCc2ccccc2O1. The molecule has 0 saturated heterocycles. The highest BCUT2D eigenvalue weighted by Gasteiger charge is 2.24. The number of nitrogens with zero attached hydrogens (tertiary/aromatic N) is 1. The molecule has 0 saturated carbocycles. The smallest absolute Gasteiger partial charge is 0.123 e. The maximum absolute atomic E-state index is 13.1. The zero-order valence-electron chi connectivity index (χ0n) is 15.4. The number of benzene rings is 2. The molecule has 3 aromatic rings. The van der Waals surface area contributed by atoms with Crippen molar-refractivity contribution in [3.05, 3.63) is 83.9 Å². The second kappa shape index (κ2) is 7.89. The van der Waals surface area contributed by atoms with Gasteiger partial charge in [-0.2, -0.15) is 0 Å². The minimum absolute atomic E-state index is 0.160. The molecule has 0 amide bonds. The van der Waals surface area contributed by atoms with Gasteiger partial charge in [-0.05, 0) is 60.7 Å². The summed E-state index contributed by atoms with van der Waals surface area (Å²) in [5.74, 6) is 0.773. The molecular formula is C23H23FN2O. The summed E-state index contributed by atoms with van der Waals surface area (Å²) in [6, 6.07) is 17.1. The summed E-state index contributed by atoms with van der Waals surface area (Å²) in [5, 5.41) is 3.56. The number of aryl methyl sites for hydroxylation is 1. The third kappa shape index (κ3) is 4.17. The highest BCUT2D eigenvalue weighted by molar-refractivity contribution is 5.62. The first-order valence-corrected chi connectivity index (χ1v) is 9.37. The van der Waals surface area contributed by atoms with E-state index >= 15 is 0 Å². The lowest BCUT2D eigenvalue weighted by Crippen LogP contribution is -2.42. The van der Waals surface area contributed by atoms with E-state index in [-0.39, 0.29) is 18.0 Å². The maximum Gasteiger partial charge on any atom is 0.123 e. The summed E-state index contributed by atoms with van der Waals surface area (Å²) in [5.41, 5.74) is 4.34. The number of pyridine rings is 1. The fourth-order valence-electron chi connectivity index (χ4n) is 3.49. The zero-order valence-corrected chi connectivity index (χ0v) is 15.4. The van der Waals surface area contributed by atoms with Crippen molar-refractivity contribution in [2.45, 2.75) is 38.5 Å². The van der Waals surface area contributed by atoms with E-state index in [1.54, 1.807) is 18.3 Å². The lowest BCUT2D eigenvalue weighted by Gasteiger charge is -2.31. The average molecular weight is 362 g/mol. The van der Waals surface area contributed by atoms with Gasteiger partial charge in [-0.3, -0.25) is 4.98 Å². The molecule has 0 spiro atoms. The van der Waals surface area contributed by atoms with Crippen LogP contribution in [0.2, 0.25) is 0 Å². The summed E-state index contributed by atoms with van der Waals surface area (Å²) in [4.78, 5) is 4.34. The lowest BCUT2D eigenvalue weighted by atomic mass is 9.98. The zero-order chi connectivity index (χ0) is 18.6. The van der Waals surface area contributed by atoms with Crippen molar-refractivity contribution < 1.29 is 9.13 Å². The Hall–Kier alpha value is -2.72. The molecule has 0 bridgehead atoms. The summed E-state index contributed by atoms with van der Waals surface area (Å²) >= 11 is 0. The number of halogens is 1. The number of hydrogen-bond acceptors (Lipinski definition) is 3. The van der Waals surface area contributed by atoms with Crippen molar-refractivity contribution in [3.8, 4) is 16.9 Å². The van der Waals surface area contributed by atoms with Crippen LogP contribution in [-0.4, -0.2) is 17.1 Å². The number of rotatable bonds is 5. The third-order valence-electron chi connectivity index (χ3n) is 5.11. The van der Waals surface area contributed by atoms with Crippen LogP contribution >= 0.6 is 0 Å². The van der Waals surface area contributed by atoms with Crippen LogP contribution in [0.25, 0.3) is 11.1 Å². The molecule has 3 nitrogen and oxygen atoms in total. The number of fused-ring (bicyclic) bond motifs is 1. The highest BCUT2D eigenvalue weighted by Crippen LogP contribution is 2.28. The van der Waals surface area contributed by atoms with Gasteiger partial charge in [0.05, 0.1) is 0 Å². The summed E-state index contributed by atoms with van der Waals surface area (Å²) < 4.78 is 19.3. The predicted molar refractivity (Wildman–Crippen MR) is 105 cm³/mol. The quantitative estimate of drug-likeness (QED) is 0.711. The summed E-state index contributed by atoms with van der Waals surface area (Å²) in [6.45, 7) is 2.88. The van der Waals surface area contributed by atoms with Crippen molar-refractivity contribution in [2.24, 2.45) is 0 Å². The fourth-order valence-corrected chi connectivity index (χ4v) is 3.49. The monoisotopic (exact) mass is 362 g/mol. The molecule has 2 aromatic carbocycles. The minimum atomic E-state index is -0.229. The second-order valence-corrected chi connectivity index (χ2v) is 7.06. The number of para-hydroxylation sites is 1. The molecule has 1 aliphatic heterocycles. The van der Waals surface area contributed by atoms with Crippen LogP contribution in [0.5, 0.6) is 5.75 Å². The van der Waals surface area contributed by atoms with Gasteiger partial charge in [-0.15, -0.1) is 0 Å². The topological polar surface area (TPSA) is 34.2 Å². The van der Waals surface area contributed by atoms with Gasteiger partial charge in [0.25, 0.3) is 0 Å². The predicted octanol–water partition coefficient (Wildman–Crippen LogP) is 4.76. The number of nitrogens with one attached hydrogen (secondary N) is 1. The maximum atomic E-state index is 13.1. The Morgan fingerprint density at radius 2 is 1.93 bits per heavy atom. The second-order valence-electron chi connectivity index (χ2n) is 7.06. The van der Waals surface area contributed by atoms with E-state index in [1.807, 2.05) is 18.3 Å². The van der Waals surface area contributed by atoms with E-state index in [9.17, 15) is 4.39 Å². The van der Waals surface area contributed by atoms with Crippen molar-refractivity contribution in [2.75, 3.05) is 0 Å². The van der Waals surface area contributed by atoms with E-state index in [1.165, 1.54) is 17.7 Å². The summed E-state index contributed by atoms with van der Waals surface area (Å²) in [7, 11) is 0. The Labute approximate surface area is 159 Å². The molecule has 1 aliphatic rings. The van der Waals surface area contributed by atoms with Gasteiger partial charge in [0.1, 0.15) is 17.7 Å². The molecule has 0 radical (unpaired) electrons. The van der Waals surface area contributed by atoms with Crippen LogP contribution in [0.15, 0.2) is 67.0 Å². The van der Waals surface area contributed by atoms with Gasteiger partial charge >= 0.3 is 0 Å². The average Bonchev–Trinajstić information content (AvgIpc) is 2.72. The first-order valence-electron chi connectivity index (χ1n) is 9.37. The van der Waals surface area contributed by atoms with Gasteiger partial charge < -0.3 is 10.1 Å². The Bertz CT molecular complexity index is 910. The van der Waals surface area contributed by atoms with Crippen LogP contribution in [-0.2, 0) is 13.0 Å². The fraction of sp³-hybridized carbons (Fsp3) is 0.261. The van der Waals surface area contributed by atoms with Crippen LogP contribution < -0.4 is 10.1 Å². The van der Waals surface area contributed by atoms with Gasteiger partial charge in [-0.1, -0.05) is 30.3 Å². The van der Waals surface area contributed by atoms with Crippen molar-refractivity contribution in [1.82, 2.24) is 10.3 Å². The normalized spacial score (nSPS) is 17.0. The Kier molecular flexibility index (Phi) is 5.16. The molecule has 0 aliphatic carbocycles. The van der Waals surface area contributed by atoms with Crippen molar-refractivity contribution >= 4 is 0 Å². The minimum Gasteiger partial charge on any atom is -0.489 e. The Morgan fingerprint density at radius 3 is 2.78 bits per heavy atom. The van der Waals surface area contributed by atoms with Crippen LogP contribution in [0.1, 0.15) is 24.5 Å². The van der Waals surface area contributed by atoms with Gasteiger partial charge in [0.2, 0.25) is 0 Å². The van der Waals surface area contributed by atoms with E-state index in [4.69, 9.17) is 4.74 Å². The molecule has 0 fully saturated rings. The summed E-state index contributed by atoms with van der Waals surface area (Å²) in [6.07, 6.45) is 5.90. The first-order chi connectivity index (χ1) is 13.2. The van der Waals surface area contributed by atoms with Crippen LogP contribution in [0, 0.1) is 5.82 Å². The molecule has 1 N–H and O–H groups in total. The van der Waals surface area contributed by atoms with Crippen LogP contribution in [0.4, 0.5) is 4.39 Å². The molecule has 2 unspecified atom stereocenters. The standard InChI is InChI=1S/C23H23FN2O/c1-16(22-11-8-19-4-2-3-5-23(19)27-22)26-14-17-12-20(15-25-13-17)18-6-9-21(24)10-7-18/h2-7,9-10,12-13,15-16,22,26H,8,11,14H2,1H3. The molecule has 4 rings (SSSR count). The third-order valence-corrected chi connectivity index (χ3v) is 5.11. The van der Waals surface area contributed by atoms with E-state index in [0.717, 1.165) is 35.3 Å². The lowest BCUT2D eigenvalue weighted by molar-refractivity contribution is 0.135. The largest absolute Gasteiger partial charge is 0.489 e. The van der Waals surface area contributed by atoms with E-state index < -0.39 is 0 Å². The Balaban J connectivity index is 1.39. The van der Waals surface area contributed by atoms with E-state index in [0.29, 0.717) is 6.54 Å². The molecule has 2 atom stereocenters. The highest BCUT2D eigenvalue weighted by atomic mass is 19.1. The number of ether oxygens (including phenoxy) is 1.